The minimum absolute atomic E-state index is 0.395. The van der Waals surface area contributed by atoms with E-state index in [1.807, 2.05) is 13.0 Å². The Balaban J connectivity index is 2.49. The van der Waals surface area contributed by atoms with Crippen LogP contribution in [-0.4, -0.2) is 16.8 Å². The number of hydrogen-bond donors (Lipinski definition) is 2. The summed E-state index contributed by atoms with van der Waals surface area (Å²) in [4.78, 5) is 16.4. The number of nitrogens with two attached hydrogens (primary N) is 1. The van der Waals surface area contributed by atoms with Gasteiger partial charge in [0.05, 0.1) is 15.6 Å². The number of primary amides is 1. The third-order valence-electron chi connectivity index (χ3n) is 3.20. The summed E-state index contributed by atoms with van der Waals surface area (Å²) < 4.78 is 0. The Morgan fingerprint density at radius 3 is 2.82 bits per heavy atom. The van der Waals surface area contributed by atoms with Crippen molar-refractivity contribution in [3.63, 3.8) is 0 Å². The molecular formula is C15H17Cl2N3OS. The van der Waals surface area contributed by atoms with Crippen molar-refractivity contribution in [3.8, 4) is 0 Å². The molecule has 2 rings (SSSR count). The molecule has 4 nitrogen and oxygen atoms in total. The molecule has 1 aliphatic rings. The Hall–Kier alpha value is -1.17. The molecular weight excluding hydrogens is 341 g/mol. The maximum atomic E-state index is 11.8. The fourth-order valence-electron chi connectivity index (χ4n) is 2.20. The van der Waals surface area contributed by atoms with E-state index in [0.29, 0.717) is 26.9 Å². The second-order valence-electron chi connectivity index (χ2n) is 4.86. The van der Waals surface area contributed by atoms with Crippen LogP contribution in [0.3, 0.4) is 0 Å². The number of aliphatic imine (C=N–C) groups is 1. The van der Waals surface area contributed by atoms with E-state index in [2.05, 4.69) is 17.2 Å². The molecule has 22 heavy (non-hydrogen) atoms. The molecule has 1 aromatic rings. The number of rotatable bonds is 4. The minimum atomic E-state index is -0.538. The predicted molar refractivity (Wildman–Crippen MR) is 94.4 cm³/mol. The van der Waals surface area contributed by atoms with Gasteiger partial charge in [0, 0.05) is 17.0 Å². The second kappa shape index (κ2) is 7.40. The number of allylic oxidation sites excluding steroid dienone is 1. The number of carbonyl (C=O) groups excluding carboxylic acids is 1. The first kappa shape index (κ1) is 17.2. The van der Waals surface area contributed by atoms with Crippen LogP contribution in [0.25, 0.3) is 0 Å². The molecule has 1 aliphatic heterocycles. The van der Waals surface area contributed by atoms with Crippen LogP contribution >= 0.6 is 35.0 Å². The van der Waals surface area contributed by atoms with Crippen LogP contribution in [0.2, 0.25) is 10.0 Å². The molecule has 7 heteroatoms. The van der Waals surface area contributed by atoms with E-state index >= 15 is 0 Å². The quantitative estimate of drug-likeness (QED) is 0.858. The van der Waals surface area contributed by atoms with E-state index in [4.69, 9.17) is 28.9 Å². The van der Waals surface area contributed by atoms with E-state index < -0.39 is 11.9 Å². The highest BCUT2D eigenvalue weighted by atomic mass is 35.5. The lowest BCUT2D eigenvalue weighted by Gasteiger charge is -2.26. The Labute approximate surface area is 144 Å². The molecule has 0 saturated heterocycles. The van der Waals surface area contributed by atoms with Gasteiger partial charge in [-0.15, -0.1) is 0 Å². The number of halogens is 2. The Morgan fingerprint density at radius 2 is 2.18 bits per heavy atom. The molecule has 0 saturated carbocycles. The average Bonchev–Trinajstić information content (AvgIpc) is 2.46. The van der Waals surface area contributed by atoms with Crippen molar-refractivity contribution in [1.82, 2.24) is 5.32 Å². The Bertz CT molecular complexity index is 658. The lowest BCUT2D eigenvalue weighted by Crippen LogP contribution is -2.32. The van der Waals surface area contributed by atoms with E-state index in [1.165, 1.54) is 0 Å². The molecule has 0 aliphatic carbocycles. The average molecular weight is 358 g/mol. The van der Waals surface area contributed by atoms with Gasteiger partial charge in [0.25, 0.3) is 0 Å². The van der Waals surface area contributed by atoms with Gasteiger partial charge in [-0.3, -0.25) is 4.79 Å². The smallest absolute Gasteiger partial charge is 0.248 e. The molecule has 1 heterocycles. The molecule has 3 N–H and O–H groups in total. The summed E-state index contributed by atoms with van der Waals surface area (Å²) in [6.07, 6.45) is 1.03. The van der Waals surface area contributed by atoms with Gasteiger partial charge < -0.3 is 11.1 Å². The van der Waals surface area contributed by atoms with Gasteiger partial charge in [-0.25, -0.2) is 4.99 Å². The number of hydrogen-bond acceptors (Lipinski definition) is 4. The van der Waals surface area contributed by atoms with Crippen LogP contribution in [0, 0.1) is 0 Å². The number of amidine groups is 1. The van der Waals surface area contributed by atoms with Gasteiger partial charge in [0.2, 0.25) is 5.91 Å². The number of carbonyl (C=O) groups is 1. The first-order valence-corrected chi connectivity index (χ1v) is 8.62. The second-order valence-corrected chi connectivity index (χ2v) is 6.73. The van der Waals surface area contributed by atoms with Gasteiger partial charge in [-0.05, 0) is 19.4 Å². The molecule has 0 radical (unpaired) electrons. The van der Waals surface area contributed by atoms with Crippen LogP contribution < -0.4 is 11.1 Å². The summed E-state index contributed by atoms with van der Waals surface area (Å²) in [5, 5.41) is 4.71. The third kappa shape index (κ3) is 3.59. The van der Waals surface area contributed by atoms with Gasteiger partial charge >= 0.3 is 0 Å². The molecule has 0 fully saturated rings. The number of thioether (sulfide) groups is 1. The van der Waals surface area contributed by atoms with Crippen molar-refractivity contribution in [1.29, 1.82) is 0 Å². The fourth-order valence-corrected chi connectivity index (χ4v) is 3.41. The zero-order valence-electron chi connectivity index (χ0n) is 12.3. The summed E-state index contributed by atoms with van der Waals surface area (Å²) in [7, 11) is 0. The normalized spacial score (nSPS) is 18.0. The van der Waals surface area contributed by atoms with E-state index in [0.717, 1.165) is 17.3 Å². The SMILES string of the molecule is CCCSC1=N[C@@H](c2cccc(Cl)c2Cl)C(C(N)=O)=C(C)N1. The third-order valence-corrected chi connectivity index (χ3v) is 5.13. The van der Waals surface area contributed by atoms with Crippen molar-refractivity contribution < 1.29 is 4.79 Å². The number of benzene rings is 1. The highest BCUT2D eigenvalue weighted by molar-refractivity contribution is 8.13. The van der Waals surface area contributed by atoms with Gasteiger partial charge in [0.15, 0.2) is 5.17 Å². The molecule has 1 aromatic carbocycles. The topological polar surface area (TPSA) is 67.5 Å². The first-order valence-electron chi connectivity index (χ1n) is 6.87. The van der Waals surface area contributed by atoms with Crippen LogP contribution in [0.1, 0.15) is 31.9 Å². The fraction of sp³-hybridized carbons (Fsp3) is 0.333. The minimum Gasteiger partial charge on any atom is -0.366 e. The molecule has 1 amide bonds. The molecule has 1 atom stereocenters. The molecule has 0 spiro atoms. The zero-order valence-corrected chi connectivity index (χ0v) is 14.6. The van der Waals surface area contributed by atoms with Gasteiger partial charge in [-0.1, -0.05) is 54.0 Å². The van der Waals surface area contributed by atoms with Crippen LogP contribution in [0.4, 0.5) is 0 Å². The molecule has 0 aromatic heterocycles. The monoisotopic (exact) mass is 357 g/mol. The van der Waals surface area contributed by atoms with Crippen molar-refractivity contribution in [3.05, 3.63) is 45.1 Å². The first-order chi connectivity index (χ1) is 10.5. The van der Waals surface area contributed by atoms with Crippen molar-refractivity contribution >= 4 is 46.0 Å². The van der Waals surface area contributed by atoms with Crippen molar-refractivity contribution in [2.45, 2.75) is 26.3 Å². The summed E-state index contributed by atoms with van der Waals surface area (Å²) in [6.45, 7) is 3.91. The lowest BCUT2D eigenvalue weighted by atomic mass is 9.96. The van der Waals surface area contributed by atoms with Crippen LogP contribution in [0.5, 0.6) is 0 Å². The maximum Gasteiger partial charge on any atom is 0.248 e. The van der Waals surface area contributed by atoms with E-state index in [-0.39, 0.29) is 0 Å². The molecule has 118 valence electrons. The summed E-state index contributed by atoms with van der Waals surface area (Å²) in [5.74, 6) is 0.412. The maximum absolute atomic E-state index is 11.8. The van der Waals surface area contributed by atoms with Gasteiger partial charge in [0.1, 0.15) is 6.04 Å². The van der Waals surface area contributed by atoms with E-state index in [9.17, 15) is 4.79 Å². The van der Waals surface area contributed by atoms with E-state index in [1.54, 1.807) is 23.9 Å². The number of nitrogens with zero attached hydrogens (tertiary/aromatic N) is 1. The van der Waals surface area contributed by atoms with Crippen molar-refractivity contribution in [2.24, 2.45) is 10.7 Å². The van der Waals surface area contributed by atoms with Crippen LogP contribution in [-0.2, 0) is 4.79 Å². The highest BCUT2D eigenvalue weighted by Crippen LogP contribution is 2.38. The lowest BCUT2D eigenvalue weighted by molar-refractivity contribution is -0.114. The number of nitrogens with one attached hydrogen (secondary N) is 1. The standard InChI is InChI=1S/C15H17Cl2N3OS/c1-3-7-22-15-19-8(2)11(14(18)21)13(20-15)9-5-4-6-10(16)12(9)17/h4-6,13H,3,7H2,1-2H3,(H2,18,21)(H,19,20)/t13-/m0/s1. The highest BCUT2D eigenvalue weighted by Gasteiger charge is 2.29. The number of amides is 1. The van der Waals surface area contributed by atoms with Crippen LogP contribution in [0.15, 0.2) is 34.5 Å². The molecule has 0 bridgehead atoms. The Kier molecular flexibility index (Phi) is 5.78. The largest absolute Gasteiger partial charge is 0.366 e. The summed E-state index contributed by atoms with van der Waals surface area (Å²) in [5.41, 5.74) is 7.31. The zero-order chi connectivity index (χ0) is 16.3. The summed E-state index contributed by atoms with van der Waals surface area (Å²) >= 11 is 14.0. The molecule has 0 unspecified atom stereocenters. The predicted octanol–water partition coefficient (Wildman–Crippen LogP) is 3.90. The van der Waals surface area contributed by atoms with Crippen molar-refractivity contribution in [2.75, 3.05) is 5.75 Å². The Morgan fingerprint density at radius 1 is 1.45 bits per heavy atom. The van der Waals surface area contributed by atoms with Gasteiger partial charge in [-0.2, -0.15) is 0 Å². The summed E-state index contributed by atoms with van der Waals surface area (Å²) in [6, 6.07) is 4.76.